The minimum absolute atomic E-state index is 0.000128. The van der Waals surface area contributed by atoms with E-state index in [9.17, 15) is 14.4 Å². The summed E-state index contributed by atoms with van der Waals surface area (Å²) < 4.78 is 12.5. The number of ketones is 1. The van der Waals surface area contributed by atoms with Crippen molar-refractivity contribution in [2.75, 3.05) is 18.5 Å². The summed E-state index contributed by atoms with van der Waals surface area (Å²) in [5.41, 5.74) is 3.05. The molecule has 3 aromatic rings. The number of carbonyl (C=O) groups excluding carboxylic acids is 3. The number of aryl methyl sites for hydroxylation is 1. The maximum atomic E-state index is 13.1. The number of nitrogens with zero attached hydrogens (tertiary/aromatic N) is 1. The Balaban J connectivity index is 1.52. The second-order valence-electron chi connectivity index (χ2n) is 7.43. The van der Waals surface area contributed by atoms with Gasteiger partial charge in [-0.25, -0.2) is 0 Å². The molecule has 7 nitrogen and oxygen atoms in total. The Morgan fingerprint density at radius 2 is 2.03 bits per heavy atom. The van der Waals surface area contributed by atoms with Gasteiger partial charge in [0.2, 0.25) is 0 Å². The third kappa shape index (κ3) is 4.60. The number of ether oxygens (including phenoxy) is 2. The molecule has 0 unspecified atom stereocenters. The first-order chi connectivity index (χ1) is 15.0. The molecule has 0 atom stereocenters. The Morgan fingerprint density at radius 1 is 1.19 bits per heavy atom. The first-order valence-corrected chi connectivity index (χ1v) is 10.4. The fraction of sp³-hybridized carbons (Fsp3) is 0.292. The van der Waals surface area contributed by atoms with Gasteiger partial charge in [-0.15, -0.1) is 0 Å². The van der Waals surface area contributed by atoms with E-state index < -0.39 is 0 Å². The number of nitrogens with one attached hydrogen (secondary N) is 1. The van der Waals surface area contributed by atoms with Gasteiger partial charge in [0.1, 0.15) is 5.75 Å². The number of esters is 1. The molecule has 4 rings (SSSR count). The Bertz CT molecular complexity index is 1150. The summed E-state index contributed by atoms with van der Waals surface area (Å²) in [4.78, 5) is 36.2. The molecule has 2 aromatic carbocycles. The van der Waals surface area contributed by atoms with Crippen LogP contribution < -0.4 is 10.1 Å². The summed E-state index contributed by atoms with van der Waals surface area (Å²) in [7, 11) is 0. The van der Waals surface area contributed by atoms with Crippen LogP contribution in [-0.2, 0) is 27.3 Å². The lowest BCUT2D eigenvalue weighted by Crippen LogP contribution is -2.25. The Kier molecular flexibility index (Phi) is 6.02. The van der Waals surface area contributed by atoms with Crippen LogP contribution in [0.1, 0.15) is 35.7 Å². The fourth-order valence-corrected chi connectivity index (χ4v) is 3.79. The molecule has 1 amide bonds. The predicted molar refractivity (Wildman–Crippen MR) is 116 cm³/mol. The first-order valence-electron chi connectivity index (χ1n) is 10.4. The van der Waals surface area contributed by atoms with Crippen molar-refractivity contribution in [1.29, 1.82) is 0 Å². The monoisotopic (exact) mass is 420 g/mol. The lowest BCUT2D eigenvalue weighted by Gasteiger charge is -2.18. The minimum Gasteiger partial charge on any atom is -0.482 e. The molecule has 1 aliphatic heterocycles. The lowest BCUT2D eigenvalue weighted by atomic mass is 10.0. The van der Waals surface area contributed by atoms with Crippen LogP contribution in [0.4, 0.5) is 5.69 Å². The number of carbonyl (C=O) groups is 3. The third-order valence-corrected chi connectivity index (χ3v) is 5.22. The van der Waals surface area contributed by atoms with Crippen molar-refractivity contribution in [3.63, 3.8) is 0 Å². The number of hydrogen-bond acceptors (Lipinski definition) is 5. The summed E-state index contributed by atoms with van der Waals surface area (Å²) >= 11 is 0. The van der Waals surface area contributed by atoms with Crippen molar-refractivity contribution in [2.45, 2.75) is 32.7 Å². The van der Waals surface area contributed by atoms with Gasteiger partial charge in [-0.05, 0) is 37.1 Å². The van der Waals surface area contributed by atoms with Gasteiger partial charge in [0.15, 0.2) is 12.4 Å². The number of hydrogen-bond donors (Lipinski definition) is 1. The zero-order valence-corrected chi connectivity index (χ0v) is 17.3. The molecule has 0 radical (unpaired) electrons. The summed E-state index contributed by atoms with van der Waals surface area (Å²) in [5.74, 6) is 0.180. The summed E-state index contributed by atoms with van der Waals surface area (Å²) in [6.07, 6.45) is 3.07. The number of aromatic nitrogens is 1. The predicted octanol–water partition coefficient (Wildman–Crippen LogP) is 3.74. The average Bonchev–Trinajstić information content (AvgIpc) is 3.13. The molecule has 0 aliphatic carbocycles. The molecular weight excluding hydrogens is 396 g/mol. The number of para-hydroxylation sites is 1. The zero-order valence-electron chi connectivity index (χ0n) is 17.3. The van der Waals surface area contributed by atoms with Gasteiger partial charge < -0.3 is 19.4 Å². The maximum absolute atomic E-state index is 13.1. The van der Waals surface area contributed by atoms with Crippen molar-refractivity contribution >= 4 is 34.3 Å². The summed E-state index contributed by atoms with van der Waals surface area (Å²) in [5, 5.41) is 3.64. The van der Waals surface area contributed by atoms with Crippen LogP contribution in [0.2, 0.25) is 0 Å². The van der Waals surface area contributed by atoms with Gasteiger partial charge in [0.05, 0.1) is 12.3 Å². The van der Waals surface area contributed by atoms with Gasteiger partial charge in [-0.1, -0.05) is 24.3 Å². The smallest absolute Gasteiger partial charge is 0.305 e. The Labute approximate surface area is 179 Å². The Morgan fingerprint density at radius 3 is 2.87 bits per heavy atom. The van der Waals surface area contributed by atoms with Crippen molar-refractivity contribution in [2.24, 2.45) is 0 Å². The highest BCUT2D eigenvalue weighted by atomic mass is 16.5. The molecule has 1 N–H and O–H groups in total. The second kappa shape index (κ2) is 9.04. The van der Waals surface area contributed by atoms with E-state index in [1.54, 1.807) is 19.1 Å². The quantitative estimate of drug-likeness (QED) is 0.443. The van der Waals surface area contributed by atoms with Crippen molar-refractivity contribution in [3.8, 4) is 5.75 Å². The molecule has 160 valence electrons. The van der Waals surface area contributed by atoms with Crippen molar-refractivity contribution in [3.05, 3.63) is 59.8 Å². The topological polar surface area (TPSA) is 86.6 Å². The van der Waals surface area contributed by atoms with E-state index in [0.29, 0.717) is 43.0 Å². The van der Waals surface area contributed by atoms with Crippen LogP contribution in [0, 0.1) is 0 Å². The molecule has 0 saturated carbocycles. The van der Waals surface area contributed by atoms with Gasteiger partial charge in [-0.3, -0.25) is 14.4 Å². The van der Waals surface area contributed by atoms with Crippen LogP contribution in [0.5, 0.6) is 5.75 Å². The average molecular weight is 420 g/mol. The van der Waals surface area contributed by atoms with E-state index in [-0.39, 0.29) is 30.7 Å². The largest absolute Gasteiger partial charge is 0.482 e. The number of fused-ring (bicyclic) bond motifs is 2. The highest BCUT2D eigenvalue weighted by molar-refractivity contribution is 6.09. The van der Waals surface area contributed by atoms with E-state index >= 15 is 0 Å². The fourth-order valence-electron chi connectivity index (χ4n) is 3.79. The Hall–Kier alpha value is -3.61. The van der Waals surface area contributed by atoms with E-state index in [4.69, 9.17) is 9.47 Å². The summed E-state index contributed by atoms with van der Waals surface area (Å²) in [6.45, 7) is 2.77. The van der Waals surface area contributed by atoms with Crippen LogP contribution in [0.15, 0.2) is 48.7 Å². The number of benzene rings is 2. The summed E-state index contributed by atoms with van der Waals surface area (Å²) in [6, 6.07) is 13.1. The normalized spacial score (nSPS) is 12.7. The van der Waals surface area contributed by atoms with Gasteiger partial charge >= 0.3 is 5.97 Å². The van der Waals surface area contributed by atoms with E-state index in [0.717, 1.165) is 16.5 Å². The van der Waals surface area contributed by atoms with Gasteiger partial charge in [-0.2, -0.15) is 0 Å². The number of anilines is 1. The number of Topliss-reactive ketones (excluding diaryl/α,β-unsaturated/α-hetero) is 1. The van der Waals surface area contributed by atoms with Crippen LogP contribution in [-0.4, -0.2) is 35.4 Å². The van der Waals surface area contributed by atoms with E-state index in [1.807, 2.05) is 41.1 Å². The van der Waals surface area contributed by atoms with Crippen molar-refractivity contribution in [1.82, 2.24) is 4.57 Å². The van der Waals surface area contributed by atoms with Crippen LogP contribution in [0.3, 0.4) is 0 Å². The maximum Gasteiger partial charge on any atom is 0.305 e. The van der Waals surface area contributed by atoms with Crippen LogP contribution >= 0.6 is 0 Å². The highest BCUT2D eigenvalue weighted by Crippen LogP contribution is 2.30. The minimum atomic E-state index is -0.207. The van der Waals surface area contributed by atoms with Gasteiger partial charge in [0, 0.05) is 42.0 Å². The van der Waals surface area contributed by atoms with Crippen LogP contribution in [0.25, 0.3) is 10.9 Å². The third-order valence-electron chi connectivity index (χ3n) is 5.22. The first kappa shape index (κ1) is 20.7. The molecular formula is C24H24N2O5. The van der Waals surface area contributed by atoms with E-state index in [2.05, 4.69) is 5.32 Å². The molecule has 7 heteroatoms. The molecule has 0 spiro atoms. The molecule has 0 saturated heterocycles. The second-order valence-corrected chi connectivity index (χ2v) is 7.43. The number of amides is 1. The molecule has 2 heterocycles. The zero-order chi connectivity index (χ0) is 21.8. The molecule has 1 aliphatic rings. The SMILES string of the molecule is CCOC(=O)CCCn1cc(C(=O)Cc2ccc3c(c2)OCC(=O)N3)c2ccccc21. The van der Waals surface area contributed by atoms with E-state index in [1.165, 1.54) is 0 Å². The number of rotatable bonds is 8. The highest BCUT2D eigenvalue weighted by Gasteiger charge is 2.19. The standard InChI is InChI=1S/C24H24N2O5/c1-2-30-24(29)8-5-11-26-14-18(17-6-3-4-7-20(17)26)21(27)12-16-9-10-19-22(13-16)31-15-23(28)25-19/h3-4,6-7,9-10,13-14H,2,5,8,11-12,15H2,1H3,(H,25,28). The van der Waals surface area contributed by atoms with Gasteiger partial charge in [0.25, 0.3) is 5.91 Å². The van der Waals surface area contributed by atoms with Crippen molar-refractivity contribution < 1.29 is 23.9 Å². The lowest BCUT2D eigenvalue weighted by molar-refractivity contribution is -0.143. The molecule has 0 fully saturated rings. The molecule has 1 aromatic heterocycles. The molecule has 0 bridgehead atoms. The molecule has 31 heavy (non-hydrogen) atoms.